The molecule has 6 heterocycles. The molecule has 1 fully saturated rings. The maximum absolute atomic E-state index is 14.6. The fourth-order valence-electron chi connectivity index (χ4n) is 5.83. The molecule has 0 atom stereocenters. The lowest BCUT2D eigenvalue weighted by molar-refractivity contribution is -0.117. The van der Waals surface area contributed by atoms with Gasteiger partial charge in [0.05, 0.1) is 34.7 Å². The second-order valence-electron chi connectivity index (χ2n) is 11.7. The van der Waals surface area contributed by atoms with Crippen molar-refractivity contribution in [2.75, 3.05) is 24.7 Å². The number of benzene rings is 1. The summed E-state index contributed by atoms with van der Waals surface area (Å²) in [5.74, 6) is 0.269. The first-order chi connectivity index (χ1) is 22.7. The van der Waals surface area contributed by atoms with Gasteiger partial charge in [-0.25, -0.2) is 27.5 Å². The summed E-state index contributed by atoms with van der Waals surface area (Å²) in [7, 11) is -3.46. The van der Waals surface area contributed by atoms with E-state index < -0.39 is 15.8 Å². The number of amides is 1. The lowest BCUT2D eigenvalue weighted by Crippen LogP contribution is -2.30. The second kappa shape index (κ2) is 12.6. The number of nitrogens with one attached hydrogen (secondary N) is 5. The number of halogens is 1. The molecule has 0 bridgehead atoms. The number of nitrogens with zero attached hydrogens (tertiary/aromatic N) is 5. The molecule has 0 spiro atoms. The molecule has 0 aliphatic carbocycles. The van der Waals surface area contributed by atoms with Gasteiger partial charge in [0.25, 0.3) is 0 Å². The van der Waals surface area contributed by atoms with Crippen molar-refractivity contribution in [2.45, 2.75) is 25.8 Å². The molecule has 240 valence electrons. The predicted octanol–water partition coefficient (Wildman–Crippen LogP) is 4.14. The molecule has 0 unspecified atom stereocenters. The first-order valence-corrected chi connectivity index (χ1v) is 17.0. The van der Waals surface area contributed by atoms with Crippen LogP contribution in [0.4, 0.5) is 10.1 Å². The molecule has 13 nitrogen and oxygen atoms in total. The van der Waals surface area contributed by atoms with E-state index in [9.17, 15) is 17.6 Å². The van der Waals surface area contributed by atoms with E-state index in [1.807, 2.05) is 12.1 Å². The highest BCUT2D eigenvalue weighted by atomic mass is 32.2. The van der Waals surface area contributed by atoms with Crippen LogP contribution in [0, 0.1) is 11.7 Å². The van der Waals surface area contributed by atoms with Crippen LogP contribution in [0.25, 0.3) is 56.0 Å². The third-order valence-corrected chi connectivity index (χ3v) is 8.77. The van der Waals surface area contributed by atoms with Gasteiger partial charge in [-0.1, -0.05) is 0 Å². The number of carbonyl (C=O) groups is 1. The van der Waals surface area contributed by atoms with Gasteiger partial charge in [0.1, 0.15) is 17.0 Å². The SMILES string of the molecule is CS(=O)(=O)NCc1cc(F)cc(-c2nccc3[nH]c(-c4n[nH]c5ncc(-c6cncc(NC(=O)CC7CCNCC7)c6)cc45)nc23)c1. The van der Waals surface area contributed by atoms with E-state index in [1.165, 1.54) is 12.1 Å². The monoisotopic (exact) mass is 654 g/mol. The average molecular weight is 655 g/mol. The summed E-state index contributed by atoms with van der Waals surface area (Å²) in [5.41, 5.74) is 5.69. The summed E-state index contributed by atoms with van der Waals surface area (Å²) in [6, 6.07) is 9.84. The number of carbonyl (C=O) groups excluding carboxylic acids is 1. The third-order valence-electron chi connectivity index (χ3n) is 8.10. The maximum atomic E-state index is 14.6. The zero-order valence-electron chi connectivity index (χ0n) is 25.3. The summed E-state index contributed by atoms with van der Waals surface area (Å²) in [6.07, 6.45) is 10.1. The quantitative estimate of drug-likeness (QED) is 0.153. The highest BCUT2D eigenvalue weighted by Gasteiger charge is 2.19. The summed E-state index contributed by atoms with van der Waals surface area (Å²) in [6.45, 7) is 1.81. The van der Waals surface area contributed by atoms with E-state index in [2.05, 4.69) is 45.5 Å². The van der Waals surface area contributed by atoms with Crippen LogP contribution in [-0.4, -0.2) is 68.8 Å². The van der Waals surface area contributed by atoms with E-state index in [1.54, 1.807) is 36.9 Å². The fraction of sp³-hybridized carbons (Fsp3) is 0.250. The van der Waals surface area contributed by atoms with Gasteiger partial charge in [0.2, 0.25) is 15.9 Å². The second-order valence-corrected chi connectivity index (χ2v) is 13.5. The number of hydrogen-bond acceptors (Lipinski definition) is 9. The number of H-pyrrole nitrogens is 2. The molecule has 6 aromatic rings. The number of rotatable bonds is 9. The summed E-state index contributed by atoms with van der Waals surface area (Å²) >= 11 is 0. The van der Waals surface area contributed by atoms with E-state index >= 15 is 0 Å². The minimum atomic E-state index is -3.46. The molecule has 0 radical (unpaired) electrons. The average Bonchev–Trinajstić information content (AvgIpc) is 3.68. The van der Waals surface area contributed by atoms with Gasteiger partial charge in [-0.05, 0) is 73.8 Å². The first-order valence-electron chi connectivity index (χ1n) is 15.1. The minimum Gasteiger partial charge on any atom is -0.336 e. The van der Waals surface area contributed by atoms with Gasteiger partial charge in [-0.3, -0.25) is 19.9 Å². The van der Waals surface area contributed by atoms with Gasteiger partial charge >= 0.3 is 0 Å². The number of fused-ring (bicyclic) bond motifs is 2. The van der Waals surface area contributed by atoms with Crippen LogP contribution in [0.1, 0.15) is 24.8 Å². The Morgan fingerprint density at radius 1 is 1.00 bits per heavy atom. The number of sulfonamides is 1. The van der Waals surface area contributed by atoms with Crippen LogP contribution in [0.5, 0.6) is 0 Å². The van der Waals surface area contributed by atoms with Gasteiger partial charge in [0.15, 0.2) is 11.5 Å². The molecular weight excluding hydrogens is 623 g/mol. The topological polar surface area (TPSA) is 183 Å². The lowest BCUT2D eigenvalue weighted by Gasteiger charge is -2.21. The number of hydrogen-bond donors (Lipinski definition) is 5. The molecule has 5 N–H and O–H groups in total. The normalized spacial score (nSPS) is 14.2. The van der Waals surface area contributed by atoms with Gasteiger partial charge in [0, 0.05) is 48.2 Å². The van der Waals surface area contributed by atoms with Gasteiger partial charge in [-0.2, -0.15) is 5.10 Å². The molecule has 1 aliphatic heterocycles. The largest absolute Gasteiger partial charge is 0.336 e. The van der Waals surface area contributed by atoms with Crippen molar-refractivity contribution in [2.24, 2.45) is 5.92 Å². The molecule has 15 heteroatoms. The molecular formula is C32H31FN10O3S. The molecule has 1 aliphatic rings. The molecule has 1 amide bonds. The van der Waals surface area contributed by atoms with Crippen LogP contribution >= 0.6 is 0 Å². The molecule has 47 heavy (non-hydrogen) atoms. The van der Waals surface area contributed by atoms with Crippen molar-refractivity contribution in [3.05, 3.63) is 72.6 Å². The van der Waals surface area contributed by atoms with Crippen LogP contribution < -0.4 is 15.4 Å². The third kappa shape index (κ3) is 6.86. The number of imidazole rings is 1. The smallest absolute Gasteiger partial charge is 0.224 e. The van der Waals surface area contributed by atoms with Crippen molar-refractivity contribution in [1.82, 2.24) is 45.2 Å². The zero-order valence-corrected chi connectivity index (χ0v) is 26.2. The highest BCUT2D eigenvalue weighted by molar-refractivity contribution is 7.88. The minimum absolute atomic E-state index is 0.0275. The number of piperidine rings is 1. The number of aromatic amines is 2. The Kier molecular flexibility index (Phi) is 8.17. The Labute approximate surface area is 268 Å². The van der Waals surface area contributed by atoms with Gasteiger partial charge < -0.3 is 15.6 Å². The van der Waals surface area contributed by atoms with Crippen molar-refractivity contribution in [1.29, 1.82) is 0 Å². The van der Waals surface area contributed by atoms with E-state index in [-0.39, 0.29) is 12.5 Å². The van der Waals surface area contributed by atoms with Gasteiger partial charge in [-0.15, -0.1) is 0 Å². The summed E-state index contributed by atoms with van der Waals surface area (Å²) < 4.78 is 40.2. The van der Waals surface area contributed by atoms with E-state index in [0.717, 1.165) is 43.3 Å². The highest BCUT2D eigenvalue weighted by Crippen LogP contribution is 2.32. The first kappa shape index (κ1) is 30.5. The molecule has 0 saturated carbocycles. The van der Waals surface area contributed by atoms with E-state index in [4.69, 9.17) is 4.98 Å². The lowest BCUT2D eigenvalue weighted by atomic mass is 9.94. The Bertz CT molecular complexity index is 2230. The molecule has 1 aromatic carbocycles. The molecule has 5 aromatic heterocycles. The maximum Gasteiger partial charge on any atom is 0.224 e. The fourth-order valence-corrected chi connectivity index (χ4v) is 6.26. The predicted molar refractivity (Wildman–Crippen MR) is 176 cm³/mol. The Hall–Kier alpha value is -5.12. The number of anilines is 1. The Morgan fingerprint density at radius 3 is 2.66 bits per heavy atom. The Balaban J connectivity index is 1.18. The van der Waals surface area contributed by atoms with Crippen molar-refractivity contribution in [3.63, 3.8) is 0 Å². The Morgan fingerprint density at radius 2 is 1.83 bits per heavy atom. The van der Waals surface area contributed by atoms with Crippen molar-refractivity contribution >= 4 is 43.7 Å². The summed E-state index contributed by atoms with van der Waals surface area (Å²) in [4.78, 5) is 34.2. The van der Waals surface area contributed by atoms with Crippen LogP contribution in [0.3, 0.4) is 0 Å². The zero-order chi connectivity index (χ0) is 32.5. The van der Waals surface area contributed by atoms with E-state index in [0.29, 0.717) is 68.4 Å². The van der Waals surface area contributed by atoms with Crippen molar-refractivity contribution < 1.29 is 17.6 Å². The molecule has 1 saturated heterocycles. The number of pyridine rings is 3. The van der Waals surface area contributed by atoms with Crippen LogP contribution in [-0.2, 0) is 21.4 Å². The summed E-state index contributed by atoms with van der Waals surface area (Å²) in [5, 5.41) is 14.5. The molecule has 7 rings (SSSR count). The van der Waals surface area contributed by atoms with Crippen LogP contribution in [0.15, 0.2) is 61.2 Å². The van der Waals surface area contributed by atoms with Crippen LogP contribution in [0.2, 0.25) is 0 Å². The standard InChI is InChI=1S/C32H31FN10O3S/c1-47(45,46)38-14-19-8-20(11-23(33)9-19)28-30-26(4-7-36-28)40-32(41-30)29-25-13-22(16-37-31(25)43-42-29)21-12-24(17-35-15-21)39-27(44)10-18-2-5-34-6-3-18/h4,7-9,11-13,15-18,34,38H,2-3,5-6,10,14H2,1H3,(H,39,44)(H,40,41)(H,37,42,43). The van der Waals surface area contributed by atoms with Crippen molar-refractivity contribution in [3.8, 4) is 33.9 Å². The number of aromatic nitrogens is 7.